The van der Waals surface area contributed by atoms with E-state index in [1.54, 1.807) is 7.11 Å². The Morgan fingerprint density at radius 1 is 1.12 bits per heavy atom. The fraction of sp³-hybridized carbons (Fsp3) is 0.611. The first-order valence-corrected chi connectivity index (χ1v) is 9.02. The van der Waals surface area contributed by atoms with Crippen LogP contribution in [0.2, 0.25) is 0 Å². The third-order valence-electron chi connectivity index (χ3n) is 4.90. The third kappa shape index (κ3) is 3.67. The van der Waals surface area contributed by atoms with Gasteiger partial charge in [0.2, 0.25) is 0 Å². The summed E-state index contributed by atoms with van der Waals surface area (Å²) in [5.41, 5.74) is 1.12. The summed E-state index contributed by atoms with van der Waals surface area (Å²) in [5, 5.41) is 12.6. The molecule has 1 aromatic carbocycles. The number of tetrazole rings is 1. The number of para-hydroxylation sites is 1. The van der Waals surface area contributed by atoms with Gasteiger partial charge < -0.3 is 9.64 Å². The first kappa shape index (κ1) is 17.8. The van der Waals surface area contributed by atoms with Gasteiger partial charge in [0.05, 0.1) is 13.2 Å². The van der Waals surface area contributed by atoms with E-state index < -0.39 is 0 Å². The van der Waals surface area contributed by atoms with Gasteiger partial charge in [0.1, 0.15) is 11.8 Å². The number of rotatable bonds is 6. The van der Waals surface area contributed by atoms with Crippen LogP contribution in [0.5, 0.6) is 5.75 Å². The molecule has 1 saturated heterocycles. The van der Waals surface area contributed by atoms with E-state index in [0.29, 0.717) is 0 Å². The van der Waals surface area contributed by atoms with Gasteiger partial charge in [-0.15, -0.1) is 5.10 Å². The summed E-state index contributed by atoms with van der Waals surface area (Å²) in [6.07, 6.45) is 0. The molecule has 0 radical (unpaired) electrons. The van der Waals surface area contributed by atoms with Crippen LogP contribution in [0, 0.1) is 0 Å². The molecule has 0 aliphatic carbocycles. The van der Waals surface area contributed by atoms with Crippen molar-refractivity contribution in [3.8, 4) is 5.75 Å². The summed E-state index contributed by atoms with van der Waals surface area (Å²) in [6, 6.07) is 8.38. The minimum atomic E-state index is -0.00689. The van der Waals surface area contributed by atoms with Crippen molar-refractivity contribution >= 4 is 0 Å². The zero-order valence-corrected chi connectivity index (χ0v) is 15.6. The van der Waals surface area contributed by atoms with E-state index in [1.165, 1.54) is 0 Å². The fourth-order valence-corrected chi connectivity index (χ4v) is 3.48. The fourth-order valence-electron chi connectivity index (χ4n) is 3.48. The molecule has 1 fully saturated rings. The highest BCUT2D eigenvalue weighted by Crippen LogP contribution is 2.34. The highest BCUT2D eigenvalue weighted by atomic mass is 16.5. The molecule has 7 heteroatoms. The van der Waals surface area contributed by atoms with Crippen LogP contribution >= 0.6 is 0 Å². The second kappa shape index (κ2) is 7.93. The average Bonchev–Trinajstić information content (AvgIpc) is 3.12. The molecule has 0 bridgehead atoms. The smallest absolute Gasteiger partial charge is 0.173 e. The molecule has 1 aliphatic heterocycles. The summed E-state index contributed by atoms with van der Waals surface area (Å²) < 4.78 is 7.56. The number of ether oxygens (including phenoxy) is 1. The number of methoxy groups -OCH3 is 1. The molecule has 3 rings (SSSR count). The normalized spacial score (nSPS) is 17.8. The number of aromatic nitrogens is 4. The number of benzene rings is 1. The van der Waals surface area contributed by atoms with Crippen LogP contribution < -0.4 is 4.74 Å². The predicted octanol–water partition coefficient (Wildman–Crippen LogP) is 1.99. The molecule has 1 atom stereocenters. The molecule has 0 spiro atoms. The van der Waals surface area contributed by atoms with Gasteiger partial charge in [-0.05, 0) is 36.9 Å². The molecule has 0 amide bonds. The van der Waals surface area contributed by atoms with E-state index in [2.05, 4.69) is 58.2 Å². The third-order valence-corrected chi connectivity index (χ3v) is 4.90. The molecule has 0 saturated carbocycles. The van der Waals surface area contributed by atoms with Crippen molar-refractivity contribution in [1.82, 2.24) is 30.0 Å². The zero-order valence-electron chi connectivity index (χ0n) is 15.6. The van der Waals surface area contributed by atoms with Gasteiger partial charge in [-0.1, -0.05) is 25.1 Å². The summed E-state index contributed by atoms with van der Waals surface area (Å²) in [7, 11) is 1.72. The van der Waals surface area contributed by atoms with Crippen molar-refractivity contribution < 1.29 is 4.74 Å². The first-order chi connectivity index (χ1) is 12.2. The van der Waals surface area contributed by atoms with Crippen LogP contribution in [0.3, 0.4) is 0 Å². The molecule has 1 aromatic heterocycles. The highest BCUT2D eigenvalue weighted by Gasteiger charge is 2.32. The highest BCUT2D eigenvalue weighted by molar-refractivity contribution is 5.39. The number of nitrogens with zero attached hydrogens (tertiary/aromatic N) is 6. The topological polar surface area (TPSA) is 59.3 Å². The van der Waals surface area contributed by atoms with Gasteiger partial charge in [0.25, 0.3) is 0 Å². The molecule has 2 heterocycles. The van der Waals surface area contributed by atoms with E-state index in [4.69, 9.17) is 4.74 Å². The monoisotopic (exact) mass is 344 g/mol. The minimum Gasteiger partial charge on any atom is -0.496 e. The van der Waals surface area contributed by atoms with Crippen molar-refractivity contribution in [2.75, 3.05) is 39.8 Å². The SMILES string of the molecule is CCN1CCN(C(c2ccccc2OC)c2nnnn2C(C)C)CC1. The summed E-state index contributed by atoms with van der Waals surface area (Å²) in [5.74, 6) is 1.76. The Labute approximate surface area is 149 Å². The van der Waals surface area contributed by atoms with Gasteiger partial charge in [0.15, 0.2) is 5.82 Å². The van der Waals surface area contributed by atoms with Crippen LogP contribution in [0.1, 0.15) is 44.2 Å². The molecule has 7 nitrogen and oxygen atoms in total. The Morgan fingerprint density at radius 2 is 1.84 bits per heavy atom. The lowest BCUT2D eigenvalue weighted by atomic mass is 10.0. The van der Waals surface area contributed by atoms with Gasteiger partial charge >= 0.3 is 0 Å². The van der Waals surface area contributed by atoms with Crippen LogP contribution in [-0.2, 0) is 0 Å². The Balaban J connectivity index is 2.01. The van der Waals surface area contributed by atoms with Gasteiger partial charge in [-0.25, -0.2) is 4.68 Å². The van der Waals surface area contributed by atoms with Crippen LogP contribution in [0.4, 0.5) is 0 Å². The lowest BCUT2D eigenvalue weighted by Gasteiger charge is -2.39. The lowest BCUT2D eigenvalue weighted by Crippen LogP contribution is -2.48. The van der Waals surface area contributed by atoms with E-state index >= 15 is 0 Å². The van der Waals surface area contributed by atoms with Crippen molar-refractivity contribution in [1.29, 1.82) is 0 Å². The first-order valence-electron chi connectivity index (χ1n) is 9.02. The molecular formula is C18H28N6O. The number of hydrogen-bond donors (Lipinski definition) is 0. The van der Waals surface area contributed by atoms with Gasteiger partial charge in [-0.2, -0.15) is 0 Å². The van der Waals surface area contributed by atoms with Crippen LogP contribution in [0.25, 0.3) is 0 Å². The summed E-state index contributed by atoms with van der Waals surface area (Å²) in [4.78, 5) is 4.94. The second-order valence-corrected chi connectivity index (χ2v) is 6.69. The zero-order chi connectivity index (χ0) is 17.8. The Hall–Kier alpha value is -1.99. The number of piperazine rings is 1. The van der Waals surface area contributed by atoms with E-state index in [1.807, 2.05) is 16.8 Å². The van der Waals surface area contributed by atoms with Crippen molar-refractivity contribution in [3.05, 3.63) is 35.7 Å². The quantitative estimate of drug-likeness (QED) is 0.799. The molecule has 136 valence electrons. The van der Waals surface area contributed by atoms with Crippen LogP contribution in [0.15, 0.2) is 24.3 Å². The van der Waals surface area contributed by atoms with E-state index in [9.17, 15) is 0 Å². The van der Waals surface area contributed by atoms with Crippen molar-refractivity contribution in [3.63, 3.8) is 0 Å². The Bertz CT molecular complexity index is 678. The van der Waals surface area contributed by atoms with Gasteiger partial charge in [-0.3, -0.25) is 4.90 Å². The Kier molecular flexibility index (Phi) is 5.65. The largest absolute Gasteiger partial charge is 0.496 e. The number of hydrogen-bond acceptors (Lipinski definition) is 6. The Morgan fingerprint density at radius 3 is 2.48 bits per heavy atom. The molecule has 25 heavy (non-hydrogen) atoms. The minimum absolute atomic E-state index is 0.00689. The van der Waals surface area contributed by atoms with E-state index in [0.717, 1.165) is 49.9 Å². The maximum Gasteiger partial charge on any atom is 0.173 e. The van der Waals surface area contributed by atoms with Crippen molar-refractivity contribution in [2.24, 2.45) is 0 Å². The molecule has 1 aliphatic rings. The summed E-state index contributed by atoms with van der Waals surface area (Å²) in [6.45, 7) is 11.6. The van der Waals surface area contributed by atoms with E-state index in [-0.39, 0.29) is 12.1 Å². The number of likely N-dealkylation sites (N-methyl/N-ethyl adjacent to an activating group) is 1. The molecular weight excluding hydrogens is 316 g/mol. The average molecular weight is 344 g/mol. The second-order valence-electron chi connectivity index (χ2n) is 6.69. The van der Waals surface area contributed by atoms with Crippen molar-refractivity contribution in [2.45, 2.75) is 32.9 Å². The standard InChI is InChI=1S/C18H28N6O/c1-5-22-10-12-23(13-11-22)17(15-8-6-7-9-16(15)25-4)18-19-20-21-24(18)14(2)3/h6-9,14,17H,5,10-13H2,1-4H3. The van der Waals surface area contributed by atoms with Crippen LogP contribution in [-0.4, -0.2) is 69.8 Å². The molecule has 0 N–H and O–H groups in total. The maximum absolute atomic E-state index is 5.64. The lowest BCUT2D eigenvalue weighted by molar-refractivity contribution is 0.107. The predicted molar refractivity (Wildman–Crippen MR) is 96.7 cm³/mol. The molecule has 1 unspecified atom stereocenters. The van der Waals surface area contributed by atoms with Gasteiger partial charge in [0, 0.05) is 31.7 Å². The maximum atomic E-state index is 5.64. The summed E-state index contributed by atoms with van der Waals surface area (Å²) >= 11 is 0. The molecule has 2 aromatic rings.